The molecular formula is C16H33. The zero-order valence-corrected chi connectivity index (χ0v) is 12.1. The highest BCUT2D eigenvalue weighted by Crippen LogP contribution is 2.41. The van der Waals surface area contributed by atoms with E-state index in [4.69, 9.17) is 0 Å². The van der Waals surface area contributed by atoms with Crippen LogP contribution in [0.5, 0.6) is 0 Å². The molecule has 0 aromatic rings. The van der Waals surface area contributed by atoms with Crippen LogP contribution in [0.4, 0.5) is 0 Å². The van der Waals surface area contributed by atoms with Crippen LogP contribution in [0, 0.1) is 18.3 Å². The SMILES string of the molecule is [CH2]C(CC)CC(CC)(CCCC)CCCC. The Morgan fingerprint density at radius 1 is 0.938 bits per heavy atom. The van der Waals surface area contributed by atoms with E-state index in [0.717, 1.165) is 0 Å². The minimum absolute atomic E-state index is 0.606. The molecule has 0 aromatic heterocycles. The minimum atomic E-state index is 0.606. The predicted octanol–water partition coefficient (Wildman–Crippen LogP) is 6.01. The van der Waals surface area contributed by atoms with Crippen LogP contribution in [0.25, 0.3) is 0 Å². The molecule has 0 aliphatic carbocycles. The van der Waals surface area contributed by atoms with Gasteiger partial charge in [-0.1, -0.05) is 73.1 Å². The highest BCUT2D eigenvalue weighted by Gasteiger charge is 2.28. The predicted molar refractivity (Wildman–Crippen MR) is 75.5 cm³/mol. The number of unbranched alkanes of at least 4 members (excludes halogenated alkanes) is 2. The topological polar surface area (TPSA) is 0 Å². The second-order valence-electron chi connectivity index (χ2n) is 5.54. The van der Waals surface area contributed by atoms with Crippen molar-refractivity contribution in [3.8, 4) is 0 Å². The molecule has 0 nitrogen and oxygen atoms in total. The first-order chi connectivity index (χ1) is 7.64. The Bertz CT molecular complexity index is 140. The van der Waals surface area contributed by atoms with Crippen LogP contribution in [0.15, 0.2) is 0 Å². The summed E-state index contributed by atoms with van der Waals surface area (Å²) in [7, 11) is 0. The second kappa shape index (κ2) is 9.07. The molecule has 0 rings (SSSR count). The van der Waals surface area contributed by atoms with Crippen molar-refractivity contribution in [1.29, 1.82) is 0 Å². The van der Waals surface area contributed by atoms with Gasteiger partial charge in [0.25, 0.3) is 0 Å². The fourth-order valence-electron chi connectivity index (χ4n) is 2.69. The third-order valence-corrected chi connectivity index (χ3v) is 4.17. The summed E-state index contributed by atoms with van der Waals surface area (Å²) < 4.78 is 0. The average Bonchev–Trinajstić information content (AvgIpc) is 2.32. The van der Waals surface area contributed by atoms with Gasteiger partial charge >= 0.3 is 0 Å². The summed E-state index contributed by atoms with van der Waals surface area (Å²) in [4.78, 5) is 0. The molecule has 97 valence electrons. The van der Waals surface area contributed by atoms with Gasteiger partial charge in [0.2, 0.25) is 0 Å². The van der Waals surface area contributed by atoms with Crippen LogP contribution in [-0.4, -0.2) is 0 Å². The van der Waals surface area contributed by atoms with Crippen molar-refractivity contribution < 1.29 is 0 Å². The quantitative estimate of drug-likeness (QED) is 0.427. The maximum Gasteiger partial charge on any atom is -0.0297 e. The highest BCUT2D eigenvalue weighted by molar-refractivity contribution is 4.81. The zero-order valence-electron chi connectivity index (χ0n) is 12.1. The summed E-state index contributed by atoms with van der Waals surface area (Å²) in [5.74, 6) is 0.661. The van der Waals surface area contributed by atoms with E-state index < -0.39 is 0 Å². The first-order valence-corrected chi connectivity index (χ1v) is 7.47. The second-order valence-corrected chi connectivity index (χ2v) is 5.54. The van der Waals surface area contributed by atoms with E-state index >= 15 is 0 Å². The molecule has 16 heavy (non-hydrogen) atoms. The number of rotatable bonds is 10. The van der Waals surface area contributed by atoms with E-state index in [2.05, 4.69) is 34.6 Å². The molecule has 0 spiro atoms. The molecule has 0 saturated carbocycles. The molecule has 0 bridgehead atoms. The monoisotopic (exact) mass is 225 g/mol. The highest BCUT2D eigenvalue weighted by atomic mass is 14.3. The lowest BCUT2D eigenvalue weighted by molar-refractivity contribution is 0.171. The summed E-state index contributed by atoms with van der Waals surface area (Å²) in [6, 6.07) is 0. The van der Waals surface area contributed by atoms with E-state index in [-0.39, 0.29) is 0 Å². The Balaban J connectivity index is 4.39. The standard InChI is InChI=1S/C16H33/c1-6-10-12-16(9-4,13-11-7-2)14-15(5)8-3/h15H,5-14H2,1-4H3. The van der Waals surface area contributed by atoms with Gasteiger partial charge in [0, 0.05) is 0 Å². The summed E-state index contributed by atoms with van der Waals surface area (Å²) in [6.07, 6.45) is 12.2. The lowest BCUT2D eigenvalue weighted by Crippen LogP contribution is -2.23. The normalized spacial score (nSPS) is 14.1. The van der Waals surface area contributed by atoms with Gasteiger partial charge in [-0.3, -0.25) is 0 Å². The van der Waals surface area contributed by atoms with Crippen LogP contribution in [0.2, 0.25) is 0 Å². The van der Waals surface area contributed by atoms with Gasteiger partial charge < -0.3 is 0 Å². The minimum Gasteiger partial charge on any atom is -0.0654 e. The van der Waals surface area contributed by atoms with Crippen molar-refractivity contribution in [2.24, 2.45) is 11.3 Å². The van der Waals surface area contributed by atoms with Gasteiger partial charge in [-0.25, -0.2) is 0 Å². The third-order valence-electron chi connectivity index (χ3n) is 4.17. The molecule has 0 aromatic carbocycles. The summed E-state index contributed by atoms with van der Waals surface area (Å²) in [6.45, 7) is 13.6. The fourth-order valence-corrected chi connectivity index (χ4v) is 2.69. The Hall–Kier alpha value is 0. The molecule has 0 amide bonds. The maximum atomic E-state index is 4.31. The molecule has 1 atom stereocenters. The smallest absolute Gasteiger partial charge is 0.0297 e. The Morgan fingerprint density at radius 3 is 1.75 bits per heavy atom. The summed E-state index contributed by atoms with van der Waals surface area (Å²) in [5, 5.41) is 0. The van der Waals surface area contributed by atoms with E-state index in [9.17, 15) is 0 Å². The van der Waals surface area contributed by atoms with Crippen LogP contribution in [-0.2, 0) is 0 Å². The molecule has 0 heteroatoms. The third kappa shape index (κ3) is 5.92. The lowest BCUT2D eigenvalue weighted by Gasteiger charge is -2.35. The van der Waals surface area contributed by atoms with Crippen molar-refractivity contribution in [2.45, 2.75) is 85.5 Å². The van der Waals surface area contributed by atoms with Crippen LogP contribution in [0.3, 0.4) is 0 Å². The van der Waals surface area contributed by atoms with Crippen molar-refractivity contribution in [3.05, 3.63) is 6.92 Å². The van der Waals surface area contributed by atoms with E-state index in [1.807, 2.05) is 0 Å². The van der Waals surface area contributed by atoms with Crippen LogP contribution < -0.4 is 0 Å². The van der Waals surface area contributed by atoms with E-state index in [1.165, 1.54) is 57.8 Å². The molecule has 0 saturated heterocycles. The van der Waals surface area contributed by atoms with Crippen molar-refractivity contribution >= 4 is 0 Å². The van der Waals surface area contributed by atoms with Crippen molar-refractivity contribution in [2.75, 3.05) is 0 Å². The number of hydrogen-bond acceptors (Lipinski definition) is 0. The van der Waals surface area contributed by atoms with Gasteiger partial charge in [0.05, 0.1) is 0 Å². The van der Waals surface area contributed by atoms with E-state index in [1.54, 1.807) is 0 Å². The number of hydrogen-bond donors (Lipinski definition) is 0. The molecule has 1 radical (unpaired) electrons. The van der Waals surface area contributed by atoms with Gasteiger partial charge in [0.1, 0.15) is 0 Å². The van der Waals surface area contributed by atoms with Gasteiger partial charge in [-0.2, -0.15) is 0 Å². The van der Waals surface area contributed by atoms with Crippen molar-refractivity contribution in [3.63, 3.8) is 0 Å². The molecule has 0 heterocycles. The van der Waals surface area contributed by atoms with Crippen molar-refractivity contribution in [1.82, 2.24) is 0 Å². The van der Waals surface area contributed by atoms with Crippen LogP contribution >= 0.6 is 0 Å². The first kappa shape index (κ1) is 16.0. The Morgan fingerprint density at radius 2 is 1.44 bits per heavy atom. The molecule has 1 unspecified atom stereocenters. The largest absolute Gasteiger partial charge is 0.0654 e. The van der Waals surface area contributed by atoms with E-state index in [0.29, 0.717) is 11.3 Å². The maximum absolute atomic E-state index is 4.31. The van der Waals surface area contributed by atoms with Gasteiger partial charge in [-0.05, 0) is 30.6 Å². The van der Waals surface area contributed by atoms with Crippen LogP contribution in [0.1, 0.15) is 85.5 Å². The Kier molecular flexibility index (Phi) is 9.07. The molecule has 0 aliphatic heterocycles. The average molecular weight is 225 g/mol. The zero-order chi connectivity index (χ0) is 12.4. The lowest BCUT2D eigenvalue weighted by atomic mass is 9.70. The van der Waals surface area contributed by atoms with Gasteiger partial charge in [0.15, 0.2) is 0 Å². The molecule has 0 aliphatic rings. The van der Waals surface area contributed by atoms with Gasteiger partial charge in [-0.15, -0.1) is 0 Å². The summed E-state index contributed by atoms with van der Waals surface area (Å²) >= 11 is 0. The molecule has 0 N–H and O–H groups in total. The summed E-state index contributed by atoms with van der Waals surface area (Å²) in [5.41, 5.74) is 0.606. The molecular weight excluding hydrogens is 192 g/mol. The Labute approximate surface area is 104 Å². The first-order valence-electron chi connectivity index (χ1n) is 7.47. The molecule has 0 fully saturated rings. The fraction of sp³-hybridized carbons (Fsp3) is 0.938.